The van der Waals surface area contributed by atoms with Crippen LogP contribution in [-0.2, 0) is 5.41 Å². The average molecular weight is 355 g/mol. The molecule has 0 radical (unpaired) electrons. The molecule has 3 aromatic carbocycles. The van der Waals surface area contributed by atoms with Crippen LogP contribution in [0.3, 0.4) is 0 Å². The van der Waals surface area contributed by atoms with Gasteiger partial charge in [0.05, 0.1) is 0 Å². The van der Waals surface area contributed by atoms with Crippen molar-refractivity contribution in [3.05, 3.63) is 81.9 Å². The molecule has 0 heteroatoms. The summed E-state index contributed by atoms with van der Waals surface area (Å²) in [6, 6.07) is 18.7. The lowest BCUT2D eigenvalue weighted by Crippen LogP contribution is -2.15. The van der Waals surface area contributed by atoms with Gasteiger partial charge < -0.3 is 0 Å². The van der Waals surface area contributed by atoms with Gasteiger partial charge >= 0.3 is 0 Å². The summed E-state index contributed by atoms with van der Waals surface area (Å²) < 4.78 is 0. The minimum atomic E-state index is 0.0435. The fourth-order valence-electron chi connectivity index (χ4n) is 4.70. The van der Waals surface area contributed by atoms with E-state index in [1.165, 1.54) is 55.6 Å². The summed E-state index contributed by atoms with van der Waals surface area (Å²) in [7, 11) is 0. The highest BCUT2D eigenvalue weighted by molar-refractivity contribution is 5.85. The van der Waals surface area contributed by atoms with Crippen LogP contribution >= 0.6 is 0 Å². The topological polar surface area (TPSA) is 0 Å². The molecule has 3 aromatic rings. The standard InChI is InChI=1S/C27H30/c1-16(2)22-12-17(3)8-10-20(22)23-15-26-24(14-19(23)5)21-11-9-18(4)13-25(21)27(26,6)7/h8-16H,1-7H3. The van der Waals surface area contributed by atoms with Gasteiger partial charge in [-0.25, -0.2) is 0 Å². The van der Waals surface area contributed by atoms with Crippen LogP contribution in [-0.4, -0.2) is 0 Å². The molecule has 0 aliphatic heterocycles. The van der Waals surface area contributed by atoms with Crippen molar-refractivity contribution in [2.24, 2.45) is 0 Å². The lowest BCUT2D eigenvalue weighted by molar-refractivity contribution is 0.660. The van der Waals surface area contributed by atoms with Gasteiger partial charge in [-0.15, -0.1) is 0 Å². The molecule has 0 saturated carbocycles. The van der Waals surface area contributed by atoms with Gasteiger partial charge in [0.15, 0.2) is 0 Å². The molecule has 1 aliphatic carbocycles. The maximum Gasteiger partial charge on any atom is 0.0159 e. The summed E-state index contributed by atoms with van der Waals surface area (Å²) in [5.74, 6) is 0.514. The summed E-state index contributed by atoms with van der Waals surface area (Å²) >= 11 is 0. The number of rotatable bonds is 2. The molecule has 0 aromatic heterocycles. The lowest BCUT2D eigenvalue weighted by Gasteiger charge is -2.24. The van der Waals surface area contributed by atoms with Crippen LogP contribution in [0.2, 0.25) is 0 Å². The Labute approximate surface area is 164 Å². The van der Waals surface area contributed by atoms with E-state index in [0.717, 1.165) is 0 Å². The third kappa shape index (κ3) is 2.74. The molecular formula is C27H30. The Kier molecular flexibility index (Phi) is 4.07. The second-order valence-corrected chi connectivity index (χ2v) is 9.13. The molecule has 138 valence electrons. The van der Waals surface area contributed by atoms with Gasteiger partial charge in [-0.3, -0.25) is 0 Å². The van der Waals surface area contributed by atoms with Gasteiger partial charge in [0.2, 0.25) is 0 Å². The fourth-order valence-corrected chi connectivity index (χ4v) is 4.70. The summed E-state index contributed by atoms with van der Waals surface area (Å²) in [5.41, 5.74) is 14.0. The number of aryl methyl sites for hydroxylation is 3. The molecule has 0 spiro atoms. The van der Waals surface area contributed by atoms with E-state index in [1.807, 2.05) is 0 Å². The Morgan fingerprint density at radius 2 is 1.22 bits per heavy atom. The highest BCUT2D eigenvalue weighted by Gasteiger charge is 2.36. The summed E-state index contributed by atoms with van der Waals surface area (Å²) in [5, 5.41) is 0. The quantitative estimate of drug-likeness (QED) is 0.442. The Bertz CT molecular complexity index is 1050. The van der Waals surface area contributed by atoms with Gasteiger partial charge in [0.25, 0.3) is 0 Å². The average Bonchev–Trinajstić information content (AvgIpc) is 2.81. The van der Waals surface area contributed by atoms with Gasteiger partial charge in [-0.1, -0.05) is 81.3 Å². The van der Waals surface area contributed by atoms with Crippen molar-refractivity contribution in [3.63, 3.8) is 0 Å². The van der Waals surface area contributed by atoms with E-state index in [2.05, 4.69) is 97.0 Å². The number of fused-ring (bicyclic) bond motifs is 3. The number of benzene rings is 3. The van der Waals surface area contributed by atoms with E-state index in [-0.39, 0.29) is 5.41 Å². The second-order valence-electron chi connectivity index (χ2n) is 9.13. The van der Waals surface area contributed by atoms with E-state index in [4.69, 9.17) is 0 Å². The minimum absolute atomic E-state index is 0.0435. The number of hydrogen-bond acceptors (Lipinski definition) is 0. The van der Waals surface area contributed by atoms with Gasteiger partial charge in [0.1, 0.15) is 0 Å². The van der Waals surface area contributed by atoms with Gasteiger partial charge in [-0.2, -0.15) is 0 Å². The van der Waals surface area contributed by atoms with Crippen molar-refractivity contribution in [2.75, 3.05) is 0 Å². The zero-order valence-electron chi connectivity index (χ0n) is 17.7. The minimum Gasteiger partial charge on any atom is -0.0587 e. The molecular weight excluding hydrogens is 324 g/mol. The first-order valence-electron chi connectivity index (χ1n) is 10.1. The zero-order valence-corrected chi connectivity index (χ0v) is 17.7. The van der Waals surface area contributed by atoms with Crippen molar-refractivity contribution in [1.82, 2.24) is 0 Å². The SMILES string of the molecule is Cc1ccc(-c2cc3c(cc2C)-c2ccc(C)cc2C3(C)C)c(C(C)C)c1. The molecule has 0 fully saturated rings. The van der Waals surface area contributed by atoms with E-state index in [9.17, 15) is 0 Å². The Morgan fingerprint density at radius 3 is 1.89 bits per heavy atom. The number of hydrogen-bond donors (Lipinski definition) is 0. The molecule has 0 N–H and O–H groups in total. The van der Waals surface area contributed by atoms with E-state index < -0.39 is 0 Å². The highest BCUT2D eigenvalue weighted by atomic mass is 14.4. The third-order valence-corrected chi connectivity index (χ3v) is 6.30. The molecule has 0 amide bonds. The first-order chi connectivity index (χ1) is 12.7. The molecule has 0 nitrogen and oxygen atoms in total. The molecule has 0 bridgehead atoms. The Morgan fingerprint density at radius 1 is 0.630 bits per heavy atom. The first kappa shape index (κ1) is 18.0. The Hall–Kier alpha value is -2.34. The molecule has 0 saturated heterocycles. The van der Waals surface area contributed by atoms with Crippen LogP contribution in [0.1, 0.15) is 67.0 Å². The van der Waals surface area contributed by atoms with E-state index >= 15 is 0 Å². The molecule has 4 rings (SSSR count). The predicted molar refractivity (Wildman–Crippen MR) is 118 cm³/mol. The van der Waals surface area contributed by atoms with Crippen molar-refractivity contribution >= 4 is 0 Å². The van der Waals surface area contributed by atoms with Crippen LogP contribution < -0.4 is 0 Å². The van der Waals surface area contributed by atoms with Crippen LogP contribution in [0.25, 0.3) is 22.3 Å². The van der Waals surface area contributed by atoms with Gasteiger partial charge in [-0.05, 0) is 77.3 Å². The first-order valence-corrected chi connectivity index (χ1v) is 10.1. The van der Waals surface area contributed by atoms with E-state index in [0.29, 0.717) is 5.92 Å². The third-order valence-electron chi connectivity index (χ3n) is 6.30. The predicted octanol–water partition coefficient (Wildman–Crippen LogP) is 7.71. The largest absolute Gasteiger partial charge is 0.0587 e. The van der Waals surface area contributed by atoms with Crippen LogP contribution in [0.4, 0.5) is 0 Å². The molecule has 1 aliphatic rings. The zero-order chi connectivity index (χ0) is 19.5. The van der Waals surface area contributed by atoms with Gasteiger partial charge in [0, 0.05) is 5.41 Å². The summed E-state index contributed by atoms with van der Waals surface area (Å²) in [6.45, 7) is 16.0. The normalized spacial score (nSPS) is 14.4. The summed E-state index contributed by atoms with van der Waals surface area (Å²) in [4.78, 5) is 0. The van der Waals surface area contributed by atoms with Crippen molar-refractivity contribution < 1.29 is 0 Å². The van der Waals surface area contributed by atoms with Crippen molar-refractivity contribution in [2.45, 2.75) is 59.8 Å². The van der Waals surface area contributed by atoms with Crippen molar-refractivity contribution in [1.29, 1.82) is 0 Å². The second kappa shape index (κ2) is 6.09. The van der Waals surface area contributed by atoms with E-state index in [1.54, 1.807) is 0 Å². The summed E-state index contributed by atoms with van der Waals surface area (Å²) in [6.07, 6.45) is 0. The highest BCUT2D eigenvalue weighted by Crippen LogP contribution is 2.51. The monoisotopic (exact) mass is 354 g/mol. The fraction of sp³-hybridized carbons (Fsp3) is 0.333. The maximum atomic E-state index is 2.47. The molecule has 0 atom stereocenters. The van der Waals surface area contributed by atoms with Crippen molar-refractivity contribution in [3.8, 4) is 22.3 Å². The smallest absolute Gasteiger partial charge is 0.0159 e. The molecule has 27 heavy (non-hydrogen) atoms. The molecule has 0 unspecified atom stereocenters. The van der Waals surface area contributed by atoms with Crippen LogP contribution in [0, 0.1) is 20.8 Å². The maximum absolute atomic E-state index is 2.47. The lowest BCUT2D eigenvalue weighted by atomic mass is 9.80. The van der Waals surface area contributed by atoms with Crippen LogP contribution in [0.5, 0.6) is 0 Å². The van der Waals surface area contributed by atoms with Crippen LogP contribution in [0.15, 0.2) is 48.5 Å². The Balaban J connectivity index is 1.97. The molecule has 0 heterocycles.